The molecule has 1 amide bonds. The highest BCUT2D eigenvalue weighted by Crippen LogP contribution is 2.24. The lowest BCUT2D eigenvalue weighted by atomic mass is 9.93. The van der Waals surface area contributed by atoms with Crippen LogP contribution in [0, 0.1) is 5.92 Å². The average molecular weight is 467 g/mol. The van der Waals surface area contributed by atoms with E-state index in [1.165, 1.54) is 5.56 Å². The molecule has 0 radical (unpaired) electrons. The Hall–Kier alpha value is -2.93. The molecule has 184 valence electrons. The maximum atomic E-state index is 12.9. The lowest BCUT2D eigenvalue weighted by Crippen LogP contribution is -2.50. The molecule has 0 spiro atoms. The first kappa shape index (κ1) is 25.7. The van der Waals surface area contributed by atoms with Crippen molar-refractivity contribution in [3.8, 4) is 0 Å². The second-order valence-electron chi connectivity index (χ2n) is 9.50. The van der Waals surface area contributed by atoms with E-state index >= 15 is 0 Å². The summed E-state index contributed by atoms with van der Waals surface area (Å²) < 4.78 is 5.01. The summed E-state index contributed by atoms with van der Waals surface area (Å²) in [4.78, 5) is 33.5. The third kappa shape index (κ3) is 6.79. The molecular weight excluding hydrogens is 428 g/mol. The molecule has 1 N–H and O–H groups in total. The number of hydrogen-bond acceptors (Lipinski definition) is 6. The lowest BCUT2D eigenvalue weighted by molar-refractivity contribution is -0.123. The number of carbonyl (C=O) groups excluding carboxylic acids is 2. The van der Waals surface area contributed by atoms with Crippen LogP contribution in [-0.2, 0) is 9.53 Å². The van der Waals surface area contributed by atoms with Crippen molar-refractivity contribution in [3.63, 3.8) is 0 Å². The molecule has 1 aliphatic rings. The second kappa shape index (κ2) is 12.0. The number of anilines is 1. The normalized spacial score (nSPS) is 15.4. The summed E-state index contributed by atoms with van der Waals surface area (Å²) in [5.41, 5.74) is 2.91. The second-order valence-corrected chi connectivity index (χ2v) is 9.50. The molecule has 1 saturated heterocycles. The van der Waals surface area contributed by atoms with Crippen LogP contribution in [-0.4, -0.2) is 61.1 Å². The van der Waals surface area contributed by atoms with Crippen molar-refractivity contribution in [1.29, 1.82) is 0 Å². The number of hydrogen-bond donors (Lipinski definition) is 1. The van der Waals surface area contributed by atoms with Crippen LogP contribution in [0.15, 0.2) is 42.6 Å². The Morgan fingerprint density at radius 2 is 1.62 bits per heavy atom. The van der Waals surface area contributed by atoms with Crippen LogP contribution >= 0.6 is 0 Å². The number of nitrogens with one attached hydrogen (secondary N) is 1. The third-order valence-corrected chi connectivity index (χ3v) is 6.27. The van der Waals surface area contributed by atoms with Gasteiger partial charge in [-0.1, -0.05) is 52.0 Å². The third-order valence-electron chi connectivity index (χ3n) is 6.27. The Balaban J connectivity index is 1.51. The number of ether oxygens (including phenoxy) is 1. The highest BCUT2D eigenvalue weighted by Gasteiger charge is 2.23. The van der Waals surface area contributed by atoms with Gasteiger partial charge in [-0.25, -0.2) is 9.78 Å². The van der Waals surface area contributed by atoms with E-state index in [2.05, 4.69) is 72.1 Å². The smallest absolute Gasteiger partial charge is 0.339 e. The Bertz CT molecular complexity index is 933. The molecule has 1 aromatic heterocycles. The van der Waals surface area contributed by atoms with Crippen LogP contribution in [0.2, 0.25) is 0 Å². The highest BCUT2D eigenvalue weighted by molar-refractivity contribution is 5.89. The quantitative estimate of drug-likeness (QED) is 0.563. The molecule has 1 fully saturated rings. The summed E-state index contributed by atoms with van der Waals surface area (Å²) in [5, 5.41) is 3.25. The molecule has 3 rings (SSSR count). The Kier molecular flexibility index (Phi) is 9.05. The van der Waals surface area contributed by atoms with Gasteiger partial charge >= 0.3 is 5.97 Å². The van der Waals surface area contributed by atoms with E-state index in [1.807, 2.05) is 6.07 Å². The van der Waals surface area contributed by atoms with Gasteiger partial charge in [-0.3, -0.25) is 9.69 Å². The van der Waals surface area contributed by atoms with Crippen LogP contribution < -0.4 is 10.2 Å². The fraction of sp³-hybridized carbons (Fsp3) is 0.519. The summed E-state index contributed by atoms with van der Waals surface area (Å²) in [6.45, 7) is 14.3. The van der Waals surface area contributed by atoms with Gasteiger partial charge in [0.05, 0.1) is 24.8 Å². The fourth-order valence-electron chi connectivity index (χ4n) is 4.19. The Labute approximate surface area is 203 Å². The van der Waals surface area contributed by atoms with E-state index in [0.29, 0.717) is 30.6 Å². The van der Waals surface area contributed by atoms with E-state index in [-0.39, 0.29) is 17.9 Å². The zero-order valence-corrected chi connectivity index (χ0v) is 21.1. The number of amides is 1. The van der Waals surface area contributed by atoms with Crippen molar-refractivity contribution >= 4 is 17.7 Å². The number of rotatable bonds is 9. The molecule has 2 heterocycles. The molecule has 2 aromatic rings. The zero-order chi connectivity index (χ0) is 24.7. The summed E-state index contributed by atoms with van der Waals surface area (Å²) >= 11 is 0. The minimum atomic E-state index is -0.354. The monoisotopic (exact) mass is 466 g/mol. The molecule has 1 unspecified atom stereocenters. The first-order valence-electron chi connectivity index (χ1n) is 12.3. The van der Waals surface area contributed by atoms with Crippen LogP contribution in [0.5, 0.6) is 0 Å². The summed E-state index contributed by atoms with van der Waals surface area (Å²) in [7, 11) is 0. The molecular formula is C27H38N4O3. The lowest BCUT2D eigenvalue weighted by Gasteiger charge is -2.35. The number of esters is 1. The van der Waals surface area contributed by atoms with Gasteiger partial charge in [0.15, 0.2) is 0 Å². The van der Waals surface area contributed by atoms with E-state index in [0.717, 1.165) is 37.6 Å². The van der Waals surface area contributed by atoms with Crippen molar-refractivity contribution in [3.05, 3.63) is 59.3 Å². The van der Waals surface area contributed by atoms with Crippen LogP contribution in [0.25, 0.3) is 0 Å². The molecule has 1 aliphatic heterocycles. The standard InChI is InChI=1S/C27H38N4O3/c1-6-34-27(33)23-11-12-24(28-17-23)31-15-13-30(14-16-31)18-25(32)29-26(20(4)5)22-9-7-21(8-10-22)19(2)3/h7-12,17,19-20,26H,6,13-16,18H2,1-5H3,(H,29,32). The van der Waals surface area contributed by atoms with Gasteiger partial charge in [-0.05, 0) is 42.0 Å². The van der Waals surface area contributed by atoms with Gasteiger partial charge in [0.25, 0.3) is 0 Å². The van der Waals surface area contributed by atoms with E-state index in [1.54, 1.807) is 19.2 Å². The maximum Gasteiger partial charge on any atom is 0.339 e. The van der Waals surface area contributed by atoms with Crippen LogP contribution in [0.4, 0.5) is 5.82 Å². The predicted octanol–water partition coefficient (Wildman–Crippen LogP) is 4.02. The fourth-order valence-corrected chi connectivity index (χ4v) is 4.19. The zero-order valence-electron chi connectivity index (χ0n) is 21.1. The van der Waals surface area contributed by atoms with Gasteiger partial charge in [0.2, 0.25) is 5.91 Å². The SMILES string of the molecule is CCOC(=O)c1ccc(N2CCN(CC(=O)NC(c3ccc(C(C)C)cc3)C(C)C)CC2)nc1. The van der Waals surface area contributed by atoms with Crippen LogP contribution in [0.1, 0.15) is 68.1 Å². The van der Waals surface area contributed by atoms with E-state index in [4.69, 9.17) is 4.74 Å². The first-order valence-corrected chi connectivity index (χ1v) is 12.3. The number of piperazine rings is 1. The molecule has 0 bridgehead atoms. The number of nitrogens with zero attached hydrogens (tertiary/aromatic N) is 3. The van der Waals surface area contributed by atoms with Crippen molar-refractivity contribution in [1.82, 2.24) is 15.2 Å². The van der Waals surface area contributed by atoms with Crippen LogP contribution in [0.3, 0.4) is 0 Å². The minimum Gasteiger partial charge on any atom is -0.462 e. The van der Waals surface area contributed by atoms with E-state index < -0.39 is 0 Å². The van der Waals surface area contributed by atoms with Gasteiger partial charge in [0.1, 0.15) is 5.82 Å². The Morgan fingerprint density at radius 1 is 0.971 bits per heavy atom. The number of benzene rings is 1. The van der Waals surface area contributed by atoms with Crippen molar-refractivity contribution in [2.45, 2.75) is 46.6 Å². The van der Waals surface area contributed by atoms with Crippen molar-refractivity contribution in [2.75, 3.05) is 44.2 Å². The molecule has 1 aromatic carbocycles. The Morgan fingerprint density at radius 3 is 2.15 bits per heavy atom. The molecule has 34 heavy (non-hydrogen) atoms. The number of aromatic nitrogens is 1. The topological polar surface area (TPSA) is 74.8 Å². The maximum absolute atomic E-state index is 12.9. The molecule has 7 heteroatoms. The predicted molar refractivity (Wildman–Crippen MR) is 135 cm³/mol. The average Bonchev–Trinajstić information content (AvgIpc) is 2.83. The van der Waals surface area contributed by atoms with Crippen molar-refractivity contribution in [2.24, 2.45) is 5.92 Å². The summed E-state index contributed by atoms with van der Waals surface area (Å²) in [6.07, 6.45) is 1.56. The minimum absolute atomic E-state index is 0.00267. The van der Waals surface area contributed by atoms with Crippen molar-refractivity contribution < 1.29 is 14.3 Å². The number of pyridine rings is 1. The largest absolute Gasteiger partial charge is 0.462 e. The first-order chi connectivity index (χ1) is 16.3. The summed E-state index contributed by atoms with van der Waals surface area (Å²) in [5.74, 6) is 1.33. The molecule has 7 nitrogen and oxygen atoms in total. The summed E-state index contributed by atoms with van der Waals surface area (Å²) in [6, 6.07) is 12.2. The molecule has 0 aliphatic carbocycles. The molecule has 0 saturated carbocycles. The van der Waals surface area contributed by atoms with Gasteiger partial charge in [-0.15, -0.1) is 0 Å². The molecule has 1 atom stereocenters. The number of carbonyl (C=O) groups is 2. The van der Waals surface area contributed by atoms with E-state index in [9.17, 15) is 9.59 Å². The van der Waals surface area contributed by atoms with Gasteiger partial charge in [0, 0.05) is 32.4 Å². The highest BCUT2D eigenvalue weighted by atomic mass is 16.5. The van der Waals surface area contributed by atoms with Gasteiger partial charge < -0.3 is 15.0 Å². The van der Waals surface area contributed by atoms with Gasteiger partial charge in [-0.2, -0.15) is 0 Å².